The molecular formula is C16H23Cl2N3O. The van der Waals surface area contributed by atoms with Crippen molar-refractivity contribution < 1.29 is 4.79 Å². The Morgan fingerprint density at radius 3 is 2.45 bits per heavy atom. The molecule has 1 N–H and O–H groups in total. The van der Waals surface area contributed by atoms with E-state index in [1.165, 1.54) is 5.56 Å². The molecule has 2 fully saturated rings. The molecule has 0 radical (unpaired) electrons. The highest BCUT2D eigenvalue weighted by Gasteiger charge is 2.28. The summed E-state index contributed by atoms with van der Waals surface area (Å²) in [5, 5.41) is 4.07. The number of carbonyl (C=O) groups is 1. The van der Waals surface area contributed by atoms with Crippen LogP contribution in [-0.4, -0.2) is 54.5 Å². The van der Waals surface area contributed by atoms with E-state index in [4.69, 9.17) is 11.6 Å². The van der Waals surface area contributed by atoms with Gasteiger partial charge >= 0.3 is 0 Å². The Labute approximate surface area is 143 Å². The Morgan fingerprint density at radius 1 is 1.18 bits per heavy atom. The van der Waals surface area contributed by atoms with Gasteiger partial charge in [-0.25, -0.2) is 0 Å². The average molecular weight is 344 g/mol. The fraction of sp³-hybridized carbons (Fsp3) is 0.562. The maximum atomic E-state index is 12.3. The van der Waals surface area contributed by atoms with Gasteiger partial charge in [-0.05, 0) is 37.1 Å². The lowest BCUT2D eigenvalue weighted by Gasteiger charge is -2.36. The number of rotatable bonds is 3. The minimum absolute atomic E-state index is 0. The maximum Gasteiger partial charge on any atom is 0.239 e. The third-order valence-corrected chi connectivity index (χ3v) is 4.61. The Hall–Kier alpha value is -0.810. The molecule has 1 aromatic carbocycles. The second-order valence-corrected chi connectivity index (χ2v) is 6.31. The van der Waals surface area contributed by atoms with Gasteiger partial charge in [-0.1, -0.05) is 23.7 Å². The van der Waals surface area contributed by atoms with E-state index in [2.05, 4.69) is 22.3 Å². The van der Waals surface area contributed by atoms with Crippen LogP contribution in [0, 0.1) is 0 Å². The molecule has 4 nitrogen and oxygen atoms in total. The van der Waals surface area contributed by atoms with Gasteiger partial charge in [0, 0.05) is 37.7 Å². The summed E-state index contributed by atoms with van der Waals surface area (Å²) >= 11 is 5.91. The molecule has 0 aromatic heterocycles. The van der Waals surface area contributed by atoms with Gasteiger partial charge in [0.05, 0.1) is 6.04 Å². The fourth-order valence-electron chi connectivity index (χ4n) is 3.09. The standard InChI is InChI=1S/C16H22ClN3O.ClH/c17-14-5-3-13(4-6-14)12-19-8-10-20(11-9-19)16(21)15-2-1-7-18-15;/h3-6,15,18H,1-2,7-12H2;1H. The second kappa shape index (κ2) is 8.16. The SMILES string of the molecule is Cl.O=C(C1CCCN1)N1CCN(Cc2ccc(Cl)cc2)CC1. The number of halogens is 2. The fourth-order valence-corrected chi connectivity index (χ4v) is 3.22. The molecule has 2 aliphatic rings. The van der Waals surface area contributed by atoms with Crippen LogP contribution in [0.4, 0.5) is 0 Å². The van der Waals surface area contributed by atoms with Gasteiger partial charge in [0.2, 0.25) is 5.91 Å². The zero-order valence-electron chi connectivity index (χ0n) is 12.6. The van der Waals surface area contributed by atoms with Crippen LogP contribution in [0.5, 0.6) is 0 Å². The maximum absolute atomic E-state index is 12.3. The average Bonchev–Trinajstić information content (AvgIpc) is 3.04. The van der Waals surface area contributed by atoms with Crippen LogP contribution < -0.4 is 5.32 Å². The Kier molecular flexibility index (Phi) is 6.50. The van der Waals surface area contributed by atoms with E-state index < -0.39 is 0 Å². The molecule has 122 valence electrons. The minimum Gasteiger partial charge on any atom is -0.339 e. The number of hydrogen-bond donors (Lipinski definition) is 1. The van der Waals surface area contributed by atoms with Crippen molar-refractivity contribution in [3.05, 3.63) is 34.9 Å². The van der Waals surface area contributed by atoms with Crippen molar-refractivity contribution >= 4 is 29.9 Å². The molecule has 0 aliphatic carbocycles. The van der Waals surface area contributed by atoms with Crippen molar-refractivity contribution in [1.82, 2.24) is 15.1 Å². The molecule has 1 aromatic rings. The summed E-state index contributed by atoms with van der Waals surface area (Å²) in [5.74, 6) is 0.290. The Morgan fingerprint density at radius 2 is 1.86 bits per heavy atom. The van der Waals surface area contributed by atoms with Crippen molar-refractivity contribution in [2.45, 2.75) is 25.4 Å². The summed E-state index contributed by atoms with van der Waals surface area (Å²) in [7, 11) is 0. The van der Waals surface area contributed by atoms with Crippen LogP contribution in [0.2, 0.25) is 5.02 Å². The molecule has 2 heterocycles. The molecule has 1 amide bonds. The summed E-state index contributed by atoms with van der Waals surface area (Å²) < 4.78 is 0. The normalized spacial score (nSPS) is 22.4. The van der Waals surface area contributed by atoms with Gasteiger partial charge in [-0.3, -0.25) is 9.69 Å². The number of hydrogen-bond acceptors (Lipinski definition) is 3. The van der Waals surface area contributed by atoms with E-state index in [0.717, 1.165) is 57.1 Å². The van der Waals surface area contributed by atoms with E-state index in [0.29, 0.717) is 5.91 Å². The second-order valence-electron chi connectivity index (χ2n) is 5.88. The van der Waals surface area contributed by atoms with E-state index >= 15 is 0 Å². The Balaban J connectivity index is 0.00000176. The van der Waals surface area contributed by atoms with Crippen molar-refractivity contribution in [3.63, 3.8) is 0 Å². The van der Waals surface area contributed by atoms with E-state index in [1.54, 1.807) is 0 Å². The number of amides is 1. The number of benzene rings is 1. The first-order valence-electron chi connectivity index (χ1n) is 7.71. The molecule has 1 unspecified atom stereocenters. The van der Waals surface area contributed by atoms with Crippen molar-refractivity contribution in [3.8, 4) is 0 Å². The minimum atomic E-state index is 0. The first-order chi connectivity index (χ1) is 10.2. The molecule has 0 saturated carbocycles. The van der Waals surface area contributed by atoms with Crippen LogP contribution in [0.25, 0.3) is 0 Å². The van der Waals surface area contributed by atoms with Gasteiger partial charge in [0.1, 0.15) is 0 Å². The van der Waals surface area contributed by atoms with Gasteiger partial charge in [-0.15, -0.1) is 12.4 Å². The van der Waals surface area contributed by atoms with Crippen LogP contribution >= 0.6 is 24.0 Å². The largest absolute Gasteiger partial charge is 0.339 e. The lowest BCUT2D eigenvalue weighted by Crippen LogP contribution is -2.52. The van der Waals surface area contributed by atoms with Crippen LogP contribution in [0.3, 0.4) is 0 Å². The molecule has 3 rings (SSSR count). The zero-order valence-corrected chi connectivity index (χ0v) is 14.2. The van der Waals surface area contributed by atoms with Crippen LogP contribution in [-0.2, 0) is 11.3 Å². The molecule has 0 bridgehead atoms. The number of nitrogens with one attached hydrogen (secondary N) is 1. The Bertz CT molecular complexity index is 481. The molecular weight excluding hydrogens is 321 g/mol. The summed E-state index contributed by atoms with van der Waals surface area (Å²) in [4.78, 5) is 16.7. The molecule has 0 spiro atoms. The third kappa shape index (κ3) is 4.35. The van der Waals surface area contributed by atoms with E-state index in [9.17, 15) is 4.79 Å². The van der Waals surface area contributed by atoms with Crippen molar-refractivity contribution in [2.24, 2.45) is 0 Å². The highest BCUT2D eigenvalue weighted by molar-refractivity contribution is 6.30. The highest BCUT2D eigenvalue weighted by atomic mass is 35.5. The molecule has 2 aliphatic heterocycles. The zero-order chi connectivity index (χ0) is 14.7. The van der Waals surface area contributed by atoms with E-state index in [1.807, 2.05) is 17.0 Å². The summed E-state index contributed by atoms with van der Waals surface area (Å²) in [5.41, 5.74) is 1.27. The number of carbonyl (C=O) groups excluding carboxylic acids is 1. The molecule has 6 heteroatoms. The lowest BCUT2D eigenvalue weighted by atomic mass is 10.1. The first kappa shape index (κ1) is 17.5. The van der Waals surface area contributed by atoms with E-state index in [-0.39, 0.29) is 18.4 Å². The van der Waals surface area contributed by atoms with Crippen LogP contribution in [0.15, 0.2) is 24.3 Å². The lowest BCUT2D eigenvalue weighted by molar-refractivity contribution is -0.134. The summed E-state index contributed by atoms with van der Waals surface area (Å²) in [6.45, 7) is 5.48. The molecule has 2 saturated heterocycles. The quantitative estimate of drug-likeness (QED) is 0.913. The summed E-state index contributed by atoms with van der Waals surface area (Å²) in [6.07, 6.45) is 2.11. The topological polar surface area (TPSA) is 35.6 Å². The monoisotopic (exact) mass is 343 g/mol. The van der Waals surface area contributed by atoms with Crippen LogP contribution in [0.1, 0.15) is 18.4 Å². The smallest absolute Gasteiger partial charge is 0.239 e. The number of nitrogens with zero attached hydrogens (tertiary/aromatic N) is 2. The van der Waals surface area contributed by atoms with Crippen molar-refractivity contribution in [1.29, 1.82) is 0 Å². The van der Waals surface area contributed by atoms with Gasteiger partial charge in [0.15, 0.2) is 0 Å². The predicted octanol–water partition coefficient (Wildman–Crippen LogP) is 2.16. The van der Waals surface area contributed by atoms with Gasteiger partial charge in [-0.2, -0.15) is 0 Å². The predicted molar refractivity (Wildman–Crippen MR) is 91.6 cm³/mol. The van der Waals surface area contributed by atoms with Gasteiger partial charge in [0.25, 0.3) is 0 Å². The highest BCUT2D eigenvalue weighted by Crippen LogP contribution is 2.14. The third-order valence-electron chi connectivity index (χ3n) is 4.36. The number of piperazine rings is 1. The summed E-state index contributed by atoms with van der Waals surface area (Å²) in [6, 6.07) is 8.07. The molecule has 22 heavy (non-hydrogen) atoms. The van der Waals surface area contributed by atoms with Crippen molar-refractivity contribution in [2.75, 3.05) is 32.7 Å². The van der Waals surface area contributed by atoms with Gasteiger partial charge < -0.3 is 10.2 Å². The first-order valence-corrected chi connectivity index (χ1v) is 8.09. The molecule has 1 atom stereocenters.